The van der Waals surface area contributed by atoms with Crippen molar-refractivity contribution in [3.05, 3.63) is 35.5 Å². The van der Waals surface area contributed by atoms with Crippen LogP contribution in [0.5, 0.6) is 0 Å². The predicted molar refractivity (Wildman–Crippen MR) is 72.3 cm³/mol. The third-order valence-electron chi connectivity index (χ3n) is 4.28. The normalized spacial score (nSPS) is 17.6. The zero-order valence-electron chi connectivity index (χ0n) is 10.7. The molecule has 2 heteroatoms. The van der Waals surface area contributed by atoms with Gasteiger partial charge in [0.15, 0.2) is 0 Å². The molecule has 0 saturated heterocycles. The summed E-state index contributed by atoms with van der Waals surface area (Å²) in [5.41, 5.74) is 10.5. The Morgan fingerprint density at radius 3 is 2.71 bits per heavy atom. The van der Waals surface area contributed by atoms with Crippen molar-refractivity contribution in [3.8, 4) is 0 Å². The number of rotatable bonds is 3. The summed E-state index contributed by atoms with van der Waals surface area (Å²) in [5.74, 6) is 0. The van der Waals surface area contributed by atoms with Gasteiger partial charge in [-0.25, -0.2) is 0 Å². The Kier molecular flexibility index (Phi) is 2.30. The average molecular weight is 228 g/mol. The van der Waals surface area contributed by atoms with Crippen LogP contribution in [0.15, 0.2) is 24.4 Å². The Morgan fingerprint density at radius 1 is 1.35 bits per heavy atom. The second kappa shape index (κ2) is 3.61. The van der Waals surface area contributed by atoms with Gasteiger partial charge in [-0.2, -0.15) is 0 Å². The van der Waals surface area contributed by atoms with Gasteiger partial charge in [-0.05, 0) is 42.5 Å². The van der Waals surface area contributed by atoms with E-state index >= 15 is 0 Å². The molecule has 17 heavy (non-hydrogen) atoms. The third-order valence-corrected chi connectivity index (χ3v) is 4.28. The van der Waals surface area contributed by atoms with Crippen molar-refractivity contribution >= 4 is 10.9 Å². The first-order valence-corrected chi connectivity index (χ1v) is 6.49. The van der Waals surface area contributed by atoms with Gasteiger partial charge in [0.2, 0.25) is 0 Å². The van der Waals surface area contributed by atoms with Crippen molar-refractivity contribution in [2.24, 2.45) is 12.8 Å². The Morgan fingerprint density at radius 2 is 2.12 bits per heavy atom. The lowest BCUT2D eigenvalue weighted by molar-refractivity contribution is 0.706. The topological polar surface area (TPSA) is 30.9 Å². The van der Waals surface area contributed by atoms with Crippen molar-refractivity contribution in [1.29, 1.82) is 0 Å². The molecule has 1 aromatic carbocycles. The highest BCUT2D eigenvalue weighted by atomic mass is 14.9. The van der Waals surface area contributed by atoms with Crippen LogP contribution in [0.3, 0.4) is 0 Å². The van der Waals surface area contributed by atoms with Crippen LogP contribution in [0.2, 0.25) is 0 Å². The van der Waals surface area contributed by atoms with Crippen LogP contribution >= 0.6 is 0 Å². The molecular weight excluding hydrogens is 208 g/mol. The van der Waals surface area contributed by atoms with Gasteiger partial charge >= 0.3 is 0 Å². The molecule has 0 atom stereocenters. The van der Waals surface area contributed by atoms with E-state index in [1.165, 1.54) is 34.9 Å². The summed E-state index contributed by atoms with van der Waals surface area (Å²) in [4.78, 5) is 0. The molecule has 0 spiro atoms. The minimum Gasteiger partial charge on any atom is -0.350 e. The fraction of sp³-hybridized carbons (Fsp3) is 0.467. The third kappa shape index (κ3) is 1.51. The second-order valence-electron chi connectivity index (χ2n) is 5.34. The summed E-state index contributed by atoms with van der Waals surface area (Å²) in [6, 6.07) is 6.82. The molecular formula is C15H20N2. The summed E-state index contributed by atoms with van der Waals surface area (Å²) < 4.78 is 2.24. The first-order valence-electron chi connectivity index (χ1n) is 6.49. The number of nitrogens with zero attached hydrogens (tertiary/aromatic N) is 1. The van der Waals surface area contributed by atoms with Crippen molar-refractivity contribution in [2.45, 2.75) is 31.6 Å². The summed E-state index contributed by atoms with van der Waals surface area (Å²) in [7, 11) is 2.13. The molecule has 1 saturated carbocycles. The molecule has 3 rings (SSSR count). The molecule has 0 radical (unpaired) electrons. The van der Waals surface area contributed by atoms with Gasteiger partial charge < -0.3 is 10.3 Å². The van der Waals surface area contributed by atoms with Crippen LogP contribution in [0.1, 0.15) is 30.9 Å². The number of hydrogen-bond acceptors (Lipinski definition) is 1. The van der Waals surface area contributed by atoms with Gasteiger partial charge in [-0.1, -0.05) is 13.0 Å². The van der Waals surface area contributed by atoms with Crippen molar-refractivity contribution in [1.82, 2.24) is 4.57 Å². The quantitative estimate of drug-likeness (QED) is 0.860. The van der Waals surface area contributed by atoms with E-state index in [0.29, 0.717) is 0 Å². The van der Waals surface area contributed by atoms with Crippen LogP contribution in [0.25, 0.3) is 10.9 Å². The Labute approximate surface area is 102 Å². The first-order chi connectivity index (χ1) is 8.20. The van der Waals surface area contributed by atoms with Gasteiger partial charge in [0.1, 0.15) is 0 Å². The highest BCUT2D eigenvalue weighted by Crippen LogP contribution is 2.49. The van der Waals surface area contributed by atoms with E-state index in [1.54, 1.807) is 0 Å². The molecule has 1 aromatic heterocycles. The van der Waals surface area contributed by atoms with E-state index in [1.807, 2.05) is 0 Å². The molecule has 2 aromatic rings. The fourth-order valence-electron chi connectivity index (χ4n) is 2.82. The van der Waals surface area contributed by atoms with Crippen LogP contribution in [-0.2, 0) is 18.9 Å². The van der Waals surface area contributed by atoms with Crippen molar-refractivity contribution < 1.29 is 0 Å². The van der Waals surface area contributed by atoms with Gasteiger partial charge in [-0.3, -0.25) is 0 Å². The molecule has 1 aliphatic rings. The predicted octanol–water partition coefficient (Wildman–Crippen LogP) is 2.73. The molecule has 1 heterocycles. The number of nitrogens with two attached hydrogens (primary N) is 1. The second-order valence-corrected chi connectivity index (χ2v) is 5.34. The maximum atomic E-state index is 5.96. The van der Waals surface area contributed by atoms with Gasteiger partial charge in [0, 0.05) is 36.1 Å². The minimum atomic E-state index is 0.284. The van der Waals surface area contributed by atoms with E-state index in [4.69, 9.17) is 5.73 Å². The zero-order valence-corrected chi connectivity index (χ0v) is 10.7. The number of fused-ring (bicyclic) bond motifs is 1. The maximum Gasteiger partial charge on any atom is 0.0480 e. The lowest BCUT2D eigenvalue weighted by Crippen LogP contribution is -2.19. The molecule has 0 unspecified atom stereocenters. The van der Waals surface area contributed by atoms with Crippen LogP contribution in [0, 0.1) is 0 Å². The standard InChI is InChI=1S/C15H20N2/c1-3-11-4-5-14-12(8-11)13(9-17(14)2)15(10-16)6-7-15/h4-5,8-9H,3,6-7,10,16H2,1-2H3. The van der Waals surface area contributed by atoms with Gasteiger partial charge in [0.05, 0.1) is 0 Å². The zero-order chi connectivity index (χ0) is 12.0. The highest BCUT2D eigenvalue weighted by molar-refractivity contribution is 5.86. The lowest BCUT2D eigenvalue weighted by atomic mass is 9.95. The van der Waals surface area contributed by atoms with Gasteiger partial charge in [0.25, 0.3) is 0 Å². The Balaban J connectivity index is 2.24. The number of hydrogen-bond donors (Lipinski definition) is 1. The van der Waals surface area contributed by atoms with Crippen LogP contribution < -0.4 is 5.73 Å². The molecule has 1 aliphatic carbocycles. The number of aromatic nitrogens is 1. The van der Waals surface area contributed by atoms with Gasteiger partial charge in [-0.15, -0.1) is 0 Å². The first kappa shape index (κ1) is 10.8. The van der Waals surface area contributed by atoms with Crippen LogP contribution in [-0.4, -0.2) is 11.1 Å². The molecule has 90 valence electrons. The van der Waals surface area contributed by atoms with Crippen molar-refractivity contribution in [2.75, 3.05) is 6.54 Å². The average Bonchev–Trinajstić information content (AvgIpc) is 3.09. The number of aryl methyl sites for hydroxylation is 2. The molecule has 0 amide bonds. The molecule has 2 nitrogen and oxygen atoms in total. The maximum absolute atomic E-state index is 5.96. The summed E-state index contributed by atoms with van der Waals surface area (Å²) in [5, 5.41) is 1.41. The Hall–Kier alpha value is -1.28. The molecule has 0 bridgehead atoms. The van der Waals surface area contributed by atoms with Crippen molar-refractivity contribution in [3.63, 3.8) is 0 Å². The van der Waals surface area contributed by atoms with E-state index in [-0.39, 0.29) is 5.41 Å². The number of benzene rings is 1. The van der Waals surface area contributed by atoms with E-state index < -0.39 is 0 Å². The molecule has 2 N–H and O–H groups in total. The van der Waals surface area contributed by atoms with E-state index in [9.17, 15) is 0 Å². The van der Waals surface area contributed by atoms with E-state index in [0.717, 1.165) is 13.0 Å². The molecule has 0 aliphatic heterocycles. The van der Waals surface area contributed by atoms with Crippen LogP contribution in [0.4, 0.5) is 0 Å². The highest BCUT2D eigenvalue weighted by Gasteiger charge is 2.44. The monoisotopic (exact) mass is 228 g/mol. The van der Waals surface area contributed by atoms with E-state index in [2.05, 4.69) is 42.9 Å². The summed E-state index contributed by atoms with van der Waals surface area (Å²) >= 11 is 0. The largest absolute Gasteiger partial charge is 0.350 e. The smallest absolute Gasteiger partial charge is 0.0480 e. The summed E-state index contributed by atoms with van der Waals surface area (Å²) in [6.07, 6.45) is 5.88. The molecule has 1 fully saturated rings. The SMILES string of the molecule is CCc1ccc2c(c1)c(C1(CN)CC1)cn2C. The summed E-state index contributed by atoms with van der Waals surface area (Å²) in [6.45, 7) is 2.99. The minimum absolute atomic E-state index is 0.284. The fourth-order valence-corrected chi connectivity index (χ4v) is 2.82. The Bertz CT molecular complexity index is 562. The lowest BCUT2D eigenvalue weighted by Gasteiger charge is -2.11.